The fraction of sp³-hybridized carbons (Fsp3) is 0.143. The van der Waals surface area contributed by atoms with E-state index < -0.39 is 17.4 Å². The van der Waals surface area contributed by atoms with Crippen molar-refractivity contribution >= 4 is 28.9 Å². The number of carbonyl (C=O) groups excluding carboxylic acids is 1. The second kappa shape index (κ2) is 7.78. The van der Waals surface area contributed by atoms with E-state index in [-0.39, 0.29) is 6.54 Å². The quantitative estimate of drug-likeness (QED) is 0.531. The zero-order chi connectivity index (χ0) is 21.3. The van der Waals surface area contributed by atoms with Gasteiger partial charge >= 0.3 is 5.69 Å². The van der Waals surface area contributed by atoms with E-state index in [9.17, 15) is 14.0 Å². The largest absolute Gasteiger partial charge is 0.353 e. The molecule has 2 heterocycles. The molecule has 30 heavy (non-hydrogen) atoms. The molecule has 2 aromatic carbocycles. The van der Waals surface area contributed by atoms with Crippen LogP contribution < -0.4 is 16.3 Å². The number of carbonyl (C=O) groups is 1. The Morgan fingerprint density at radius 3 is 2.57 bits per heavy atom. The van der Waals surface area contributed by atoms with E-state index in [1.165, 1.54) is 10.5 Å². The molecule has 2 aromatic heterocycles. The molecule has 1 amide bonds. The molecule has 2 N–H and O–H groups in total. The monoisotopic (exact) mass is 406 g/mol. The maximum atomic E-state index is 13.7. The molecular weight excluding hydrogens is 387 g/mol. The van der Waals surface area contributed by atoms with Gasteiger partial charge in [0, 0.05) is 23.1 Å². The SMILES string of the molecule is Cc1cc2nn(CC(=O)Nc3ccc(C)c(F)c3)c(=O)n2c(Nc2ccccc2)n1. The molecule has 4 aromatic rings. The van der Waals surface area contributed by atoms with Crippen LogP contribution in [0.25, 0.3) is 5.65 Å². The first kappa shape index (κ1) is 19.3. The molecule has 0 spiro atoms. The molecule has 4 rings (SSSR count). The molecular formula is C21H19FN6O2. The zero-order valence-electron chi connectivity index (χ0n) is 16.4. The number of aryl methyl sites for hydroxylation is 2. The third kappa shape index (κ3) is 3.90. The van der Waals surface area contributed by atoms with Gasteiger partial charge in [-0.2, -0.15) is 0 Å². The second-order valence-electron chi connectivity index (χ2n) is 6.86. The first-order chi connectivity index (χ1) is 14.4. The molecule has 0 saturated heterocycles. The van der Waals surface area contributed by atoms with E-state index in [0.29, 0.717) is 28.5 Å². The Balaban J connectivity index is 1.62. The van der Waals surface area contributed by atoms with E-state index in [0.717, 1.165) is 10.4 Å². The first-order valence-electron chi connectivity index (χ1n) is 9.26. The highest BCUT2D eigenvalue weighted by molar-refractivity contribution is 5.90. The highest BCUT2D eigenvalue weighted by Gasteiger charge is 2.15. The van der Waals surface area contributed by atoms with E-state index in [4.69, 9.17) is 0 Å². The van der Waals surface area contributed by atoms with Crippen molar-refractivity contribution in [2.75, 3.05) is 10.6 Å². The third-order valence-corrected chi connectivity index (χ3v) is 4.48. The Morgan fingerprint density at radius 2 is 1.83 bits per heavy atom. The summed E-state index contributed by atoms with van der Waals surface area (Å²) in [5, 5.41) is 9.92. The Hall–Kier alpha value is -4.01. The molecule has 0 aliphatic rings. The number of para-hydroxylation sites is 1. The second-order valence-corrected chi connectivity index (χ2v) is 6.86. The van der Waals surface area contributed by atoms with Gasteiger partial charge in [-0.1, -0.05) is 24.3 Å². The summed E-state index contributed by atoms with van der Waals surface area (Å²) in [4.78, 5) is 29.6. The topological polar surface area (TPSA) is 93.3 Å². The molecule has 0 aliphatic carbocycles. The van der Waals surface area contributed by atoms with Crippen molar-refractivity contribution in [2.45, 2.75) is 20.4 Å². The summed E-state index contributed by atoms with van der Waals surface area (Å²) in [5.74, 6) is -0.615. The number of rotatable bonds is 5. The van der Waals surface area contributed by atoms with Crippen molar-refractivity contribution in [2.24, 2.45) is 0 Å². The van der Waals surface area contributed by atoms with Gasteiger partial charge in [0.15, 0.2) is 5.65 Å². The standard InChI is InChI=1S/C21H19FN6O2/c1-13-8-9-16(11-17(13)22)24-19(29)12-27-21(30)28-18(26-27)10-14(2)23-20(28)25-15-6-4-3-5-7-15/h3-11H,12H2,1-2H3,(H,23,25)(H,24,29). The zero-order valence-corrected chi connectivity index (χ0v) is 16.4. The number of aromatic nitrogens is 4. The van der Waals surface area contributed by atoms with Crippen molar-refractivity contribution in [3.63, 3.8) is 0 Å². The number of nitrogens with zero attached hydrogens (tertiary/aromatic N) is 4. The van der Waals surface area contributed by atoms with Crippen LogP contribution in [0.15, 0.2) is 59.4 Å². The number of benzene rings is 2. The number of hydrogen-bond acceptors (Lipinski definition) is 5. The first-order valence-corrected chi connectivity index (χ1v) is 9.26. The molecule has 9 heteroatoms. The van der Waals surface area contributed by atoms with Gasteiger partial charge in [0.25, 0.3) is 0 Å². The number of nitrogens with one attached hydrogen (secondary N) is 2. The van der Waals surface area contributed by atoms with E-state index in [1.807, 2.05) is 30.3 Å². The number of hydrogen-bond donors (Lipinski definition) is 2. The average molecular weight is 406 g/mol. The maximum absolute atomic E-state index is 13.7. The van der Waals surface area contributed by atoms with Crippen LogP contribution in [0.5, 0.6) is 0 Å². The molecule has 0 aliphatic heterocycles. The minimum Gasteiger partial charge on any atom is -0.325 e. The van der Waals surface area contributed by atoms with Crippen LogP contribution in [0, 0.1) is 19.7 Å². The van der Waals surface area contributed by atoms with Crippen molar-refractivity contribution in [3.8, 4) is 0 Å². The van der Waals surface area contributed by atoms with Gasteiger partial charge in [-0.3, -0.25) is 4.79 Å². The van der Waals surface area contributed by atoms with Gasteiger partial charge in [0.05, 0.1) is 0 Å². The van der Waals surface area contributed by atoms with Crippen LogP contribution in [0.3, 0.4) is 0 Å². The molecule has 0 atom stereocenters. The van der Waals surface area contributed by atoms with Crippen LogP contribution in [-0.2, 0) is 11.3 Å². The maximum Gasteiger partial charge on any atom is 0.353 e. The van der Waals surface area contributed by atoms with Gasteiger partial charge in [-0.15, -0.1) is 5.10 Å². The van der Waals surface area contributed by atoms with E-state index in [2.05, 4.69) is 20.7 Å². The summed E-state index contributed by atoms with van der Waals surface area (Å²) in [6, 6.07) is 15.3. The van der Waals surface area contributed by atoms with Crippen molar-refractivity contribution < 1.29 is 9.18 Å². The van der Waals surface area contributed by atoms with Crippen molar-refractivity contribution in [3.05, 3.63) is 82.2 Å². The van der Waals surface area contributed by atoms with Gasteiger partial charge in [-0.25, -0.2) is 23.3 Å². The predicted molar refractivity (Wildman–Crippen MR) is 111 cm³/mol. The normalized spacial score (nSPS) is 10.9. The predicted octanol–water partition coefficient (Wildman–Crippen LogP) is 3.03. The van der Waals surface area contributed by atoms with Crippen molar-refractivity contribution in [1.29, 1.82) is 0 Å². The van der Waals surface area contributed by atoms with Crippen molar-refractivity contribution in [1.82, 2.24) is 19.2 Å². The minimum atomic E-state index is -0.513. The van der Waals surface area contributed by atoms with Crippen LogP contribution in [0.1, 0.15) is 11.3 Å². The summed E-state index contributed by atoms with van der Waals surface area (Å²) in [6.45, 7) is 3.10. The van der Waals surface area contributed by atoms with Crippen LogP contribution in [0.4, 0.5) is 21.7 Å². The lowest BCUT2D eigenvalue weighted by atomic mass is 10.2. The number of fused-ring (bicyclic) bond motifs is 1. The average Bonchev–Trinajstić information content (AvgIpc) is 3.00. The number of halogens is 1. The molecule has 0 bridgehead atoms. The summed E-state index contributed by atoms with van der Waals surface area (Å²) in [5.41, 5.74) is 2.06. The fourth-order valence-corrected chi connectivity index (χ4v) is 3.00. The highest BCUT2D eigenvalue weighted by atomic mass is 19.1. The van der Waals surface area contributed by atoms with E-state index in [1.54, 1.807) is 32.0 Å². The lowest BCUT2D eigenvalue weighted by Gasteiger charge is -2.07. The molecule has 8 nitrogen and oxygen atoms in total. The van der Waals surface area contributed by atoms with Crippen LogP contribution in [0.2, 0.25) is 0 Å². The molecule has 0 fully saturated rings. The van der Waals surface area contributed by atoms with Gasteiger partial charge in [0.2, 0.25) is 11.9 Å². The smallest absolute Gasteiger partial charge is 0.325 e. The van der Waals surface area contributed by atoms with Gasteiger partial charge in [0.1, 0.15) is 12.4 Å². The Morgan fingerprint density at radius 1 is 1.07 bits per heavy atom. The molecule has 0 radical (unpaired) electrons. The van der Waals surface area contributed by atoms with Crippen LogP contribution >= 0.6 is 0 Å². The Labute approximate surface area is 171 Å². The summed E-state index contributed by atoms with van der Waals surface area (Å²) >= 11 is 0. The molecule has 0 saturated carbocycles. The molecule has 0 unspecified atom stereocenters. The Bertz CT molecular complexity index is 1300. The van der Waals surface area contributed by atoms with Gasteiger partial charge < -0.3 is 10.6 Å². The number of amides is 1. The van der Waals surface area contributed by atoms with Crippen LogP contribution in [-0.4, -0.2) is 25.1 Å². The lowest BCUT2D eigenvalue weighted by molar-refractivity contribution is -0.117. The summed E-state index contributed by atoms with van der Waals surface area (Å²) in [6.07, 6.45) is 0. The van der Waals surface area contributed by atoms with Gasteiger partial charge in [-0.05, 0) is 43.7 Å². The number of anilines is 3. The van der Waals surface area contributed by atoms with E-state index >= 15 is 0 Å². The minimum absolute atomic E-state index is 0.300. The lowest BCUT2D eigenvalue weighted by Crippen LogP contribution is -2.29. The summed E-state index contributed by atoms with van der Waals surface area (Å²) < 4.78 is 16.0. The summed E-state index contributed by atoms with van der Waals surface area (Å²) in [7, 11) is 0. The molecule has 152 valence electrons. The Kier molecular flexibility index (Phi) is 5.01. The highest BCUT2D eigenvalue weighted by Crippen LogP contribution is 2.16. The third-order valence-electron chi connectivity index (χ3n) is 4.48. The fourth-order valence-electron chi connectivity index (χ4n) is 3.00.